The molecule has 4 aromatic rings. The molecule has 3 aromatic heterocycles. The van der Waals surface area contributed by atoms with E-state index in [1.807, 2.05) is 45.0 Å². The number of carbonyl (C=O) groups excluding carboxylic acids is 1. The van der Waals surface area contributed by atoms with Crippen molar-refractivity contribution in [2.75, 3.05) is 6.54 Å². The maximum Gasteiger partial charge on any atom is 0.325 e. The van der Waals surface area contributed by atoms with E-state index >= 15 is 0 Å². The van der Waals surface area contributed by atoms with Gasteiger partial charge < -0.3 is 5.32 Å². The normalized spacial score (nSPS) is 11.1. The quantitative estimate of drug-likeness (QED) is 0.354. The SMILES string of the molecule is CCc1nc2c(C)nc(C)cn2c1-c1ccc(CCNC(=O)NSc2ccc(C)cc2)s1. The van der Waals surface area contributed by atoms with Gasteiger partial charge in [0.25, 0.3) is 0 Å². The number of carbonyl (C=O) groups is 1. The van der Waals surface area contributed by atoms with Crippen LogP contribution in [-0.4, -0.2) is 26.9 Å². The molecule has 0 bridgehead atoms. The van der Waals surface area contributed by atoms with Crippen LogP contribution >= 0.6 is 23.3 Å². The molecule has 0 aliphatic carbocycles. The summed E-state index contributed by atoms with van der Waals surface area (Å²) in [5.41, 5.74) is 6.27. The molecule has 0 aliphatic rings. The number of nitrogens with one attached hydrogen (secondary N) is 2. The van der Waals surface area contributed by atoms with E-state index in [2.05, 4.69) is 44.7 Å². The summed E-state index contributed by atoms with van der Waals surface area (Å²) in [5.74, 6) is 0. The highest BCUT2D eigenvalue weighted by Gasteiger charge is 2.17. The maximum atomic E-state index is 12.1. The van der Waals surface area contributed by atoms with Gasteiger partial charge in [0, 0.05) is 22.5 Å². The fourth-order valence-electron chi connectivity index (χ4n) is 3.58. The largest absolute Gasteiger partial charge is 0.337 e. The van der Waals surface area contributed by atoms with Crippen LogP contribution in [0.4, 0.5) is 4.79 Å². The Hall–Kier alpha value is -2.84. The first-order chi connectivity index (χ1) is 15.4. The highest BCUT2D eigenvalue weighted by Crippen LogP contribution is 2.32. The molecule has 4 rings (SSSR count). The lowest BCUT2D eigenvalue weighted by Gasteiger charge is -2.06. The molecule has 1 aromatic carbocycles. The molecular weight excluding hydrogens is 438 g/mol. The van der Waals surface area contributed by atoms with Gasteiger partial charge in [0.05, 0.1) is 27.7 Å². The number of imidazole rings is 1. The van der Waals surface area contributed by atoms with Crippen molar-refractivity contribution in [1.82, 2.24) is 24.4 Å². The molecule has 166 valence electrons. The lowest BCUT2D eigenvalue weighted by atomic mass is 10.2. The molecular formula is C24H27N5OS2. The van der Waals surface area contributed by atoms with Crippen molar-refractivity contribution >= 4 is 35.0 Å². The van der Waals surface area contributed by atoms with Crippen molar-refractivity contribution in [1.29, 1.82) is 0 Å². The number of urea groups is 1. The Labute approximate surface area is 196 Å². The van der Waals surface area contributed by atoms with Gasteiger partial charge >= 0.3 is 6.03 Å². The molecule has 0 saturated heterocycles. The monoisotopic (exact) mass is 465 g/mol. The average Bonchev–Trinajstić information content (AvgIpc) is 3.37. The Kier molecular flexibility index (Phi) is 6.81. The second kappa shape index (κ2) is 9.75. The van der Waals surface area contributed by atoms with Crippen molar-refractivity contribution in [2.24, 2.45) is 0 Å². The summed E-state index contributed by atoms with van der Waals surface area (Å²) < 4.78 is 5.00. The predicted octanol–water partition coefficient (Wildman–Crippen LogP) is 5.49. The van der Waals surface area contributed by atoms with Crippen LogP contribution in [0, 0.1) is 20.8 Å². The van der Waals surface area contributed by atoms with E-state index in [1.54, 1.807) is 11.3 Å². The van der Waals surface area contributed by atoms with Gasteiger partial charge in [-0.05, 0) is 69.8 Å². The third-order valence-electron chi connectivity index (χ3n) is 5.14. The van der Waals surface area contributed by atoms with Crippen LogP contribution in [0.5, 0.6) is 0 Å². The third-order valence-corrected chi connectivity index (χ3v) is 7.08. The lowest BCUT2D eigenvalue weighted by Crippen LogP contribution is -2.32. The Morgan fingerprint density at radius 1 is 1.09 bits per heavy atom. The van der Waals surface area contributed by atoms with E-state index in [4.69, 9.17) is 4.98 Å². The van der Waals surface area contributed by atoms with E-state index in [-0.39, 0.29) is 6.03 Å². The Bertz CT molecular complexity index is 1240. The first-order valence-electron chi connectivity index (χ1n) is 10.7. The number of aromatic nitrogens is 3. The van der Waals surface area contributed by atoms with Crippen molar-refractivity contribution in [3.63, 3.8) is 0 Å². The van der Waals surface area contributed by atoms with Crippen LogP contribution in [0.3, 0.4) is 0 Å². The van der Waals surface area contributed by atoms with Crippen molar-refractivity contribution < 1.29 is 4.79 Å². The highest BCUT2D eigenvalue weighted by molar-refractivity contribution is 7.98. The number of thiophene rings is 1. The number of nitrogens with zero attached hydrogens (tertiary/aromatic N) is 3. The molecule has 0 saturated carbocycles. The number of aryl methyl sites for hydroxylation is 4. The molecule has 0 fully saturated rings. The molecule has 32 heavy (non-hydrogen) atoms. The summed E-state index contributed by atoms with van der Waals surface area (Å²) in [6, 6.07) is 12.2. The lowest BCUT2D eigenvalue weighted by molar-refractivity contribution is 0.246. The number of benzene rings is 1. The van der Waals surface area contributed by atoms with Gasteiger partial charge in [-0.15, -0.1) is 11.3 Å². The van der Waals surface area contributed by atoms with Gasteiger partial charge in [0.2, 0.25) is 0 Å². The molecule has 8 heteroatoms. The summed E-state index contributed by atoms with van der Waals surface area (Å²) in [5, 5.41) is 2.93. The van der Waals surface area contributed by atoms with Gasteiger partial charge in [0.1, 0.15) is 0 Å². The summed E-state index contributed by atoms with van der Waals surface area (Å²) in [6.45, 7) is 8.77. The van der Waals surface area contributed by atoms with Crippen molar-refractivity contribution in [3.05, 3.63) is 70.1 Å². The zero-order chi connectivity index (χ0) is 22.7. The standard InChI is InChI=1S/C24H27N5OS2/c1-5-20-22(29-14-16(3)26-17(4)23(29)27-20)21-11-10-18(31-21)12-13-25-24(30)28-32-19-8-6-15(2)7-9-19/h6-11,14H,5,12-13H2,1-4H3,(H2,25,28,30). The van der Waals surface area contributed by atoms with Crippen LogP contribution in [0.25, 0.3) is 16.2 Å². The van der Waals surface area contributed by atoms with Gasteiger partial charge in [-0.25, -0.2) is 9.78 Å². The number of amides is 2. The zero-order valence-corrected chi connectivity index (χ0v) is 20.4. The Morgan fingerprint density at radius 3 is 2.62 bits per heavy atom. The number of fused-ring (bicyclic) bond motifs is 1. The number of hydrogen-bond acceptors (Lipinski definition) is 5. The van der Waals surface area contributed by atoms with Crippen LogP contribution in [0.2, 0.25) is 0 Å². The second-order valence-electron chi connectivity index (χ2n) is 7.71. The zero-order valence-electron chi connectivity index (χ0n) is 18.7. The summed E-state index contributed by atoms with van der Waals surface area (Å²) in [7, 11) is 0. The minimum atomic E-state index is -0.180. The molecule has 0 spiro atoms. The topological polar surface area (TPSA) is 71.3 Å². The van der Waals surface area contributed by atoms with Crippen LogP contribution in [0.1, 0.15) is 34.4 Å². The van der Waals surface area contributed by atoms with E-state index in [0.29, 0.717) is 6.54 Å². The first-order valence-corrected chi connectivity index (χ1v) is 12.3. The molecule has 2 N–H and O–H groups in total. The molecule has 0 unspecified atom stereocenters. The fraction of sp³-hybridized carbons (Fsp3) is 0.292. The average molecular weight is 466 g/mol. The smallest absolute Gasteiger partial charge is 0.325 e. The summed E-state index contributed by atoms with van der Waals surface area (Å²) >= 11 is 3.07. The van der Waals surface area contributed by atoms with Crippen LogP contribution < -0.4 is 10.0 Å². The number of rotatable bonds is 7. The summed E-state index contributed by atoms with van der Waals surface area (Å²) in [4.78, 5) is 24.9. The third kappa shape index (κ3) is 4.97. The van der Waals surface area contributed by atoms with E-state index in [0.717, 1.165) is 46.2 Å². The van der Waals surface area contributed by atoms with Crippen molar-refractivity contribution in [3.8, 4) is 10.6 Å². The molecule has 3 heterocycles. The highest BCUT2D eigenvalue weighted by atomic mass is 32.2. The Balaban J connectivity index is 1.38. The summed E-state index contributed by atoms with van der Waals surface area (Å²) in [6.07, 6.45) is 3.70. The van der Waals surface area contributed by atoms with E-state index < -0.39 is 0 Å². The van der Waals surface area contributed by atoms with Gasteiger partial charge in [-0.2, -0.15) is 0 Å². The minimum absolute atomic E-state index is 0.180. The van der Waals surface area contributed by atoms with Gasteiger partial charge in [0.15, 0.2) is 5.65 Å². The Morgan fingerprint density at radius 2 is 1.88 bits per heavy atom. The maximum absolute atomic E-state index is 12.1. The molecule has 0 aliphatic heterocycles. The van der Waals surface area contributed by atoms with Crippen molar-refractivity contribution in [2.45, 2.75) is 45.4 Å². The molecule has 6 nitrogen and oxygen atoms in total. The predicted molar refractivity (Wildman–Crippen MR) is 132 cm³/mol. The molecule has 2 amide bonds. The fourth-order valence-corrected chi connectivity index (χ4v) is 5.21. The van der Waals surface area contributed by atoms with E-state index in [9.17, 15) is 4.79 Å². The molecule has 0 atom stereocenters. The van der Waals surface area contributed by atoms with E-state index in [1.165, 1.54) is 27.3 Å². The minimum Gasteiger partial charge on any atom is -0.337 e. The van der Waals surface area contributed by atoms with Gasteiger partial charge in [-0.3, -0.25) is 14.1 Å². The van der Waals surface area contributed by atoms with Gasteiger partial charge in [-0.1, -0.05) is 24.6 Å². The second-order valence-corrected chi connectivity index (χ2v) is 9.76. The first kappa shape index (κ1) is 22.4. The van der Waals surface area contributed by atoms with Crippen LogP contribution in [0.15, 0.2) is 47.5 Å². The number of hydrogen-bond donors (Lipinski definition) is 2. The molecule has 0 radical (unpaired) electrons. The van der Waals surface area contributed by atoms with Crippen LogP contribution in [-0.2, 0) is 12.8 Å².